The maximum absolute atomic E-state index is 11.6. The van der Waals surface area contributed by atoms with Crippen LogP contribution in [0.4, 0.5) is 5.69 Å². The van der Waals surface area contributed by atoms with Crippen molar-refractivity contribution < 1.29 is 19.1 Å². The van der Waals surface area contributed by atoms with Crippen LogP contribution in [0, 0.1) is 10.1 Å². The standard InChI is InChI=1S/C21H23N5O5S/c1-14(2)31-20-17(26(27)28)10-15(11-18(20)29-3)12-22-25-19(23-24-21(25)32-4)13-30-16-8-6-5-7-9-16/h5-12,14H,13H2,1-4H3/b22-12-. The molecule has 0 bridgehead atoms. The number of hydrogen-bond donors (Lipinski definition) is 0. The molecule has 0 saturated heterocycles. The fourth-order valence-electron chi connectivity index (χ4n) is 2.74. The van der Waals surface area contributed by atoms with Gasteiger partial charge in [-0.25, -0.2) is 0 Å². The number of thioether (sulfide) groups is 1. The Labute approximate surface area is 189 Å². The van der Waals surface area contributed by atoms with Crippen molar-refractivity contribution >= 4 is 23.7 Å². The molecule has 2 aromatic carbocycles. The van der Waals surface area contributed by atoms with Crippen molar-refractivity contribution in [3.8, 4) is 17.2 Å². The Bertz CT molecular complexity index is 1100. The third-order valence-electron chi connectivity index (χ3n) is 4.12. The van der Waals surface area contributed by atoms with Gasteiger partial charge in [0.15, 0.2) is 11.6 Å². The van der Waals surface area contributed by atoms with Gasteiger partial charge in [-0.3, -0.25) is 10.1 Å². The second kappa shape index (κ2) is 10.6. The fraction of sp³-hybridized carbons (Fsp3) is 0.286. The third kappa shape index (κ3) is 5.55. The van der Waals surface area contributed by atoms with E-state index in [1.54, 1.807) is 19.9 Å². The SMILES string of the molecule is COc1cc(/C=N\n2c(COc3ccccc3)nnc2SC)cc([N+](=O)[O-])c1OC(C)C. The number of nitrogens with zero attached hydrogens (tertiary/aromatic N) is 5. The summed E-state index contributed by atoms with van der Waals surface area (Å²) in [5.74, 6) is 1.50. The van der Waals surface area contributed by atoms with E-state index in [9.17, 15) is 10.1 Å². The van der Waals surface area contributed by atoms with Gasteiger partial charge in [-0.05, 0) is 38.3 Å². The van der Waals surface area contributed by atoms with Crippen LogP contribution in [0.2, 0.25) is 0 Å². The molecule has 0 saturated carbocycles. The van der Waals surface area contributed by atoms with Gasteiger partial charge in [0.25, 0.3) is 0 Å². The quantitative estimate of drug-likeness (QED) is 0.193. The monoisotopic (exact) mass is 457 g/mol. The van der Waals surface area contributed by atoms with E-state index in [0.29, 0.717) is 22.3 Å². The highest BCUT2D eigenvalue weighted by molar-refractivity contribution is 7.98. The molecule has 10 nitrogen and oxygen atoms in total. The minimum absolute atomic E-state index is 0.0794. The maximum atomic E-state index is 11.6. The summed E-state index contributed by atoms with van der Waals surface area (Å²) in [5, 5.41) is 24.9. The largest absolute Gasteiger partial charge is 0.493 e. The zero-order valence-corrected chi connectivity index (χ0v) is 18.9. The second-order valence-corrected chi connectivity index (χ2v) is 7.53. The molecule has 11 heteroatoms. The van der Waals surface area contributed by atoms with Crippen LogP contribution in [0.25, 0.3) is 0 Å². The Kier molecular flexibility index (Phi) is 7.66. The number of methoxy groups -OCH3 is 1. The van der Waals surface area contributed by atoms with Crippen molar-refractivity contribution in [3.63, 3.8) is 0 Å². The van der Waals surface area contributed by atoms with Crippen LogP contribution >= 0.6 is 11.8 Å². The topological polar surface area (TPSA) is 114 Å². The molecule has 0 radical (unpaired) electrons. The maximum Gasteiger partial charge on any atom is 0.315 e. The highest BCUT2D eigenvalue weighted by Gasteiger charge is 2.23. The van der Waals surface area contributed by atoms with E-state index >= 15 is 0 Å². The minimum atomic E-state index is -0.511. The summed E-state index contributed by atoms with van der Waals surface area (Å²) in [6, 6.07) is 12.3. The molecular formula is C21H23N5O5S. The molecular weight excluding hydrogens is 434 g/mol. The number of ether oxygens (including phenoxy) is 3. The molecule has 0 aliphatic carbocycles. The zero-order valence-electron chi connectivity index (χ0n) is 18.1. The van der Waals surface area contributed by atoms with Gasteiger partial charge < -0.3 is 14.2 Å². The lowest BCUT2D eigenvalue weighted by atomic mass is 10.2. The van der Waals surface area contributed by atoms with E-state index in [1.165, 1.54) is 35.8 Å². The molecule has 3 rings (SSSR count). The zero-order chi connectivity index (χ0) is 23.1. The summed E-state index contributed by atoms with van der Waals surface area (Å²) in [6.07, 6.45) is 3.07. The number of rotatable bonds is 10. The number of benzene rings is 2. The molecule has 0 N–H and O–H groups in total. The average molecular weight is 458 g/mol. The van der Waals surface area contributed by atoms with Crippen LogP contribution in [0.3, 0.4) is 0 Å². The van der Waals surface area contributed by atoms with Crippen LogP contribution in [0.5, 0.6) is 17.2 Å². The van der Waals surface area contributed by atoms with E-state index in [1.807, 2.05) is 36.6 Å². The number of para-hydroxylation sites is 1. The predicted molar refractivity (Wildman–Crippen MR) is 121 cm³/mol. The Morgan fingerprint density at radius 3 is 2.62 bits per heavy atom. The van der Waals surface area contributed by atoms with Crippen LogP contribution in [-0.4, -0.2) is 45.5 Å². The molecule has 1 heterocycles. The summed E-state index contributed by atoms with van der Waals surface area (Å²) in [5.41, 5.74) is 0.251. The lowest BCUT2D eigenvalue weighted by Crippen LogP contribution is -2.09. The fourth-order valence-corrected chi connectivity index (χ4v) is 3.19. The Morgan fingerprint density at radius 1 is 1.25 bits per heavy atom. The summed E-state index contributed by atoms with van der Waals surface area (Å²) in [7, 11) is 1.43. The number of nitro groups is 1. The highest BCUT2D eigenvalue weighted by atomic mass is 32.2. The van der Waals surface area contributed by atoms with E-state index in [-0.39, 0.29) is 29.9 Å². The molecule has 3 aromatic rings. The predicted octanol–water partition coefficient (Wildman–Crippen LogP) is 4.17. The van der Waals surface area contributed by atoms with Crippen molar-refractivity contribution in [2.45, 2.75) is 31.7 Å². The lowest BCUT2D eigenvalue weighted by molar-refractivity contribution is -0.386. The van der Waals surface area contributed by atoms with Crippen molar-refractivity contribution in [1.29, 1.82) is 0 Å². The van der Waals surface area contributed by atoms with Crippen molar-refractivity contribution in [2.75, 3.05) is 13.4 Å². The minimum Gasteiger partial charge on any atom is -0.493 e. The Morgan fingerprint density at radius 2 is 2.00 bits per heavy atom. The summed E-state index contributed by atoms with van der Waals surface area (Å²) in [6.45, 7) is 3.72. The highest BCUT2D eigenvalue weighted by Crippen LogP contribution is 2.38. The van der Waals surface area contributed by atoms with Crippen LogP contribution in [0.1, 0.15) is 25.2 Å². The first kappa shape index (κ1) is 23.1. The van der Waals surface area contributed by atoms with Gasteiger partial charge in [0.05, 0.1) is 24.4 Å². The first-order chi connectivity index (χ1) is 15.4. The third-order valence-corrected chi connectivity index (χ3v) is 4.74. The number of nitro benzene ring substituents is 1. The van der Waals surface area contributed by atoms with Crippen molar-refractivity contribution in [3.05, 3.63) is 64.0 Å². The molecule has 0 atom stereocenters. The average Bonchev–Trinajstić information content (AvgIpc) is 3.18. The molecule has 0 aliphatic rings. The summed E-state index contributed by atoms with van der Waals surface area (Å²) < 4.78 is 18.2. The van der Waals surface area contributed by atoms with Gasteiger partial charge in [0, 0.05) is 11.6 Å². The van der Waals surface area contributed by atoms with Gasteiger partial charge in [0.1, 0.15) is 12.4 Å². The second-order valence-electron chi connectivity index (χ2n) is 6.76. The molecule has 1 aromatic heterocycles. The van der Waals surface area contributed by atoms with Crippen molar-refractivity contribution in [1.82, 2.24) is 14.9 Å². The molecule has 32 heavy (non-hydrogen) atoms. The first-order valence-electron chi connectivity index (χ1n) is 9.66. The van der Waals surface area contributed by atoms with Crippen LogP contribution < -0.4 is 14.2 Å². The summed E-state index contributed by atoms with van der Waals surface area (Å²) >= 11 is 1.37. The van der Waals surface area contributed by atoms with Gasteiger partial charge in [0.2, 0.25) is 10.9 Å². The van der Waals surface area contributed by atoms with E-state index in [4.69, 9.17) is 14.2 Å². The smallest absolute Gasteiger partial charge is 0.315 e. The lowest BCUT2D eigenvalue weighted by Gasteiger charge is -2.14. The van der Waals surface area contributed by atoms with Crippen LogP contribution in [0.15, 0.2) is 52.7 Å². The molecule has 168 valence electrons. The van der Waals surface area contributed by atoms with Gasteiger partial charge in [-0.15, -0.1) is 10.2 Å². The Hall–Kier alpha value is -3.60. The first-order valence-corrected chi connectivity index (χ1v) is 10.9. The molecule has 0 amide bonds. The number of aromatic nitrogens is 3. The normalized spacial score (nSPS) is 11.2. The van der Waals surface area contributed by atoms with E-state index in [2.05, 4.69) is 15.3 Å². The number of hydrogen-bond acceptors (Lipinski definition) is 9. The molecule has 0 aliphatic heterocycles. The molecule has 0 spiro atoms. The molecule has 0 fully saturated rings. The molecule has 0 unspecified atom stereocenters. The van der Waals surface area contributed by atoms with Gasteiger partial charge >= 0.3 is 5.69 Å². The Balaban J connectivity index is 1.92. The van der Waals surface area contributed by atoms with E-state index in [0.717, 1.165) is 0 Å². The summed E-state index contributed by atoms with van der Waals surface area (Å²) in [4.78, 5) is 11.1. The van der Waals surface area contributed by atoms with E-state index < -0.39 is 4.92 Å². The van der Waals surface area contributed by atoms with Crippen LogP contribution in [-0.2, 0) is 6.61 Å². The van der Waals surface area contributed by atoms with Crippen molar-refractivity contribution in [2.24, 2.45) is 5.10 Å². The van der Waals surface area contributed by atoms with Gasteiger partial charge in [-0.1, -0.05) is 30.0 Å². The van der Waals surface area contributed by atoms with Gasteiger partial charge in [-0.2, -0.15) is 9.78 Å².